The molecular formula is C31H55NO4. The van der Waals surface area contributed by atoms with Gasteiger partial charge >= 0.3 is 11.9 Å². The van der Waals surface area contributed by atoms with Gasteiger partial charge in [-0.25, -0.2) is 4.79 Å². The number of carboxylic acids is 2. The Morgan fingerprint density at radius 3 is 1.53 bits per heavy atom. The Morgan fingerprint density at radius 1 is 0.694 bits per heavy atom. The van der Waals surface area contributed by atoms with E-state index in [2.05, 4.69) is 18.8 Å². The second-order valence-corrected chi connectivity index (χ2v) is 10.9. The van der Waals surface area contributed by atoms with E-state index < -0.39 is 23.4 Å². The number of nitrogens with zero attached hydrogens (tertiary/aromatic N) is 1. The van der Waals surface area contributed by atoms with Gasteiger partial charge in [-0.05, 0) is 25.3 Å². The van der Waals surface area contributed by atoms with Gasteiger partial charge in [0.2, 0.25) is 0 Å². The first-order valence-corrected chi connectivity index (χ1v) is 15.2. The van der Waals surface area contributed by atoms with Crippen LogP contribution in [-0.2, 0) is 9.59 Å². The molecule has 0 fully saturated rings. The van der Waals surface area contributed by atoms with Crippen LogP contribution in [0.1, 0.15) is 155 Å². The molecule has 5 nitrogen and oxygen atoms in total. The molecule has 2 atom stereocenters. The molecule has 2 unspecified atom stereocenters. The van der Waals surface area contributed by atoms with Crippen molar-refractivity contribution in [2.45, 2.75) is 161 Å². The van der Waals surface area contributed by atoms with E-state index in [1.165, 1.54) is 89.9 Å². The number of dihydropyridines is 1. The van der Waals surface area contributed by atoms with Crippen LogP contribution in [0.3, 0.4) is 0 Å². The zero-order valence-electron chi connectivity index (χ0n) is 23.4. The van der Waals surface area contributed by atoms with Gasteiger partial charge in [-0.15, -0.1) is 0 Å². The molecule has 1 aliphatic heterocycles. The first kappa shape index (κ1) is 32.4. The van der Waals surface area contributed by atoms with Crippen LogP contribution in [0.25, 0.3) is 0 Å². The quantitative estimate of drug-likeness (QED) is 0.128. The summed E-state index contributed by atoms with van der Waals surface area (Å²) in [5.41, 5.74) is -0.833. The Kier molecular flexibility index (Phi) is 18.4. The van der Waals surface area contributed by atoms with E-state index in [4.69, 9.17) is 0 Å². The van der Waals surface area contributed by atoms with Gasteiger partial charge in [0.1, 0.15) is 5.92 Å². The van der Waals surface area contributed by atoms with Crippen molar-refractivity contribution < 1.29 is 19.8 Å². The summed E-state index contributed by atoms with van der Waals surface area (Å²) in [6.45, 7) is 4.47. The summed E-state index contributed by atoms with van der Waals surface area (Å²) in [6.07, 6.45) is 28.1. The number of hydrogen-bond donors (Lipinski definition) is 2. The maximum absolute atomic E-state index is 12.4. The third kappa shape index (κ3) is 12.5. The zero-order valence-corrected chi connectivity index (χ0v) is 23.4. The van der Waals surface area contributed by atoms with Crippen molar-refractivity contribution in [3.8, 4) is 0 Å². The van der Waals surface area contributed by atoms with E-state index in [-0.39, 0.29) is 0 Å². The summed E-state index contributed by atoms with van der Waals surface area (Å²) in [5, 5.41) is 20.1. The minimum Gasteiger partial charge on any atom is -0.481 e. The molecule has 1 rings (SSSR count). The van der Waals surface area contributed by atoms with Crippen LogP contribution in [-0.4, -0.2) is 33.9 Å². The third-order valence-electron chi connectivity index (χ3n) is 7.79. The summed E-state index contributed by atoms with van der Waals surface area (Å²) in [6, 6.07) is 0. The smallest absolute Gasteiger partial charge is 0.332 e. The van der Waals surface area contributed by atoms with Crippen molar-refractivity contribution in [1.82, 2.24) is 0 Å². The lowest BCUT2D eigenvalue weighted by Gasteiger charge is -2.35. The molecule has 0 spiro atoms. The molecule has 0 aromatic rings. The molecule has 0 amide bonds. The van der Waals surface area contributed by atoms with E-state index in [0.29, 0.717) is 19.3 Å². The number of aliphatic carboxylic acids is 2. The van der Waals surface area contributed by atoms with Gasteiger partial charge in [-0.2, -0.15) is 0 Å². The summed E-state index contributed by atoms with van der Waals surface area (Å²) in [4.78, 5) is 28.9. The first-order valence-electron chi connectivity index (χ1n) is 15.2. The highest BCUT2D eigenvalue weighted by molar-refractivity contribution is 5.94. The molecule has 208 valence electrons. The van der Waals surface area contributed by atoms with Gasteiger partial charge in [0, 0.05) is 6.21 Å². The van der Waals surface area contributed by atoms with Crippen LogP contribution in [0.2, 0.25) is 0 Å². The predicted molar refractivity (Wildman–Crippen MR) is 151 cm³/mol. The number of aliphatic imine (C=N–C) groups is 1. The maximum Gasteiger partial charge on any atom is 0.332 e. The standard InChI is InChI=1S/C31H55NO4/c1-3-5-7-9-11-13-15-17-19-21-23-27-24-26-32-31(30(35)36,28(27)29(33)34)25-22-20-18-16-14-12-10-8-6-4-2/h24,26,28H,3-23,25H2,1-2H3,(H,33,34)(H,35,36). The lowest BCUT2D eigenvalue weighted by Crippen LogP contribution is -2.50. The highest BCUT2D eigenvalue weighted by Crippen LogP contribution is 2.38. The number of carboxylic acid groups (broad SMARTS) is 2. The Hall–Kier alpha value is -1.65. The minimum atomic E-state index is -1.56. The molecule has 0 radical (unpaired) electrons. The largest absolute Gasteiger partial charge is 0.481 e. The van der Waals surface area contributed by atoms with Crippen molar-refractivity contribution in [3.05, 3.63) is 11.6 Å². The number of allylic oxidation sites excluding steroid dienone is 1. The third-order valence-corrected chi connectivity index (χ3v) is 7.79. The Morgan fingerprint density at radius 2 is 1.11 bits per heavy atom. The highest BCUT2D eigenvalue weighted by atomic mass is 16.4. The monoisotopic (exact) mass is 505 g/mol. The van der Waals surface area contributed by atoms with Gasteiger partial charge in [0.25, 0.3) is 0 Å². The number of carbonyl (C=O) groups is 2. The molecule has 1 aliphatic rings. The fourth-order valence-electron chi connectivity index (χ4n) is 5.53. The molecule has 0 aromatic heterocycles. The van der Waals surface area contributed by atoms with Crippen molar-refractivity contribution >= 4 is 18.2 Å². The fourth-order valence-corrected chi connectivity index (χ4v) is 5.53. The van der Waals surface area contributed by atoms with Gasteiger partial charge in [0.05, 0.1) is 0 Å². The zero-order chi connectivity index (χ0) is 26.5. The molecule has 0 bridgehead atoms. The van der Waals surface area contributed by atoms with E-state index in [1.807, 2.05) is 0 Å². The SMILES string of the molecule is CCCCCCCCCCCCC1=CC=NC(CCCCCCCCCCCC)(C(=O)O)C1C(=O)O. The van der Waals surface area contributed by atoms with Crippen molar-refractivity contribution in [2.75, 3.05) is 0 Å². The molecule has 0 aliphatic carbocycles. The average Bonchev–Trinajstić information content (AvgIpc) is 2.86. The van der Waals surface area contributed by atoms with Gasteiger partial charge in [-0.1, -0.05) is 141 Å². The van der Waals surface area contributed by atoms with Crippen LogP contribution >= 0.6 is 0 Å². The van der Waals surface area contributed by atoms with E-state index in [9.17, 15) is 19.8 Å². The van der Waals surface area contributed by atoms with Crippen LogP contribution in [0, 0.1) is 5.92 Å². The Balaban J connectivity index is 2.43. The van der Waals surface area contributed by atoms with Crippen LogP contribution < -0.4 is 0 Å². The van der Waals surface area contributed by atoms with Gasteiger partial charge in [-0.3, -0.25) is 9.79 Å². The molecule has 0 aromatic carbocycles. The lowest BCUT2D eigenvalue weighted by molar-refractivity contribution is -0.154. The highest BCUT2D eigenvalue weighted by Gasteiger charge is 2.51. The second kappa shape index (κ2) is 20.4. The molecular weight excluding hydrogens is 450 g/mol. The summed E-state index contributed by atoms with van der Waals surface area (Å²) in [7, 11) is 0. The molecule has 1 heterocycles. The minimum absolute atomic E-state index is 0.293. The second-order valence-electron chi connectivity index (χ2n) is 10.9. The number of unbranched alkanes of at least 4 members (excludes halogenated alkanes) is 18. The number of hydrogen-bond acceptors (Lipinski definition) is 3. The van der Waals surface area contributed by atoms with Gasteiger partial charge in [0.15, 0.2) is 5.54 Å². The summed E-state index contributed by atoms with van der Waals surface area (Å²) < 4.78 is 0. The molecule has 2 N–H and O–H groups in total. The Bertz CT molecular complexity index is 657. The van der Waals surface area contributed by atoms with Crippen LogP contribution in [0.4, 0.5) is 0 Å². The maximum atomic E-state index is 12.4. The van der Waals surface area contributed by atoms with Crippen molar-refractivity contribution in [3.63, 3.8) is 0 Å². The molecule has 5 heteroatoms. The first-order chi connectivity index (χ1) is 17.5. The number of rotatable bonds is 24. The normalized spacial score (nSPS) is 19.4. The van der Waals surface area contributed by atoms with Crippen LogP contribution in [0.5, 0.6) is 0 Å². The van der Waals surface area contributed by atoms with E-state index in [1.54, 1.807) is 12.3 Å². The summed E-state index contributed by atoms with van der Waals surface area (Å²) in [5.74, 6) is -3.22. The van der Waals surface area contributed by atoms with Crippen LogP contribution in [0.15, 0.2) is 16.6 Å². The summed E-state index contributed by atoms with van der Waals surface area (Å²) >= 11 is 0. The van der Waals surface area contributed by atoms with E-state index >= 15 is 0 Å². The van der Waals surface area contributed by atoms with Crippen molar-refractivity contribution in [1.29, 1.82) is 0 Å². The van der Waals surface area contributed by atoms with Gasteiger partial charge < -0.3 is 10.2 Å². The molecule has 36 heavy (non-hydrogen) atoms. The topological polar surface area (TPSA) is 87.0 Å². The predicted octanol–water partition coefficient (Wildman–Crippen LogP) is 9.14. The molecule has 0 saturated carbocycles. The average molecular weight is 506 g/mol. The van der Waals surface area contributed by atoms with E-state index in [0.717, 1.165) is 37.7 Å². The fraction of sp³-hybridized carbons (Fsp3) is 0.839. The molecule has 0 saturated heterocycles. The Labute approximate surface area is 221 Å². The lowest BCUT2D eigenvalue weighted by atomic mass is 9.73. The van der Waals surface area contributed by atoms with Crippen molar-refractivity contribution in [2.24, 2.45) is 10.9 Å².